The van der Waals surface area contributed by atoms with Gasteiger partial charge in [-0.05, 0) is 23.7 Å². The highest BCUT2D eigenvalue weighted by molar-refractivity contribution is 5.84. The summed E-state index contributed by atoms with van der Waals surface area (Å²) >= 11 is 0. The van der Waals surface area contributed by atoms with Gasteiger partial charge in [-0.1, -0.05) is 20.8 Å². The lowest BCUT2D eigenvalue weighted by Gasteiger charge is -2.58. The molecule has 3 aliphatic carbocycles. The fourth-order valence-corrected chi connectivity index (χ4v) is 3.07. The van der Waals surface area contributed by atoms with Crippen molar-refractivity contribution < 1.29 is 4.79 Å². The van der Waals surface area contributed by atoms with Crippen LogP contribution in [0.5, 0.6) is 0 Å². The summed E-state index contributed by atoms with van der Waals surface area (Å²) in [4.78, 5) is 11.5. The van der Waals surface area contributed by atoms with Gasteiger partial charge in [0, 0.05) is 12.3 Å². The summed E-state index contributed by atoms with van der Waals surface area (Å²) < 4.78 is 0. The number of Topliss-reactive ketones (excluding diaryl/α,β-unsaturated/α-hetero) is 1. The Morgan fingerprint density at radius 1 is 1.45 bits per heavy atom. The fraction of sp³-hybridized carbons (Fsp3) is 0.900. The molecule has 11 heavy (non-hydrogen) atoms. The van der Waals surface area contributed by atoms with Crippen molar-refractivity contribution in [2.24, 2.45) is 23.2 Å². The standard InChI is InChI=1S/C10H16O/c1-6-4-9(11)8-5-7(6)10(8,2)3/h6-8H,4-5H2,1-3H3/t6-,7+,8+/m0/s1. The van der Waals surface area contributed by atoms with Crippen LogP contribution in [-0.2, 0) is 4.79 Å². The minimum absolute atomic E-state index is 0.328. The van der Waals surface area contributed by atoms with E-state index in [0.717, 1.165) is 12.3 Å². The molecule has 62 valence electrons. The topological polar surface area (TPSA) is 17.1 Å². The third-order valence-electron chi connectivity index (χ3n) is 3.94. The van der Waals surface area contributed by atoms with Crippen molar-refractivity contribution in [1.82, 2.24) is 0 Å². The normalized spacial score (nSPS) is 46.8. The van der Waals surface area contributed by atoms with E-state index < -0.39 is 0 Å². The minimum atomic E-state index is 0.328. The summed E-state index contributed by atoms with van der Waals surface area (Å²) in [5, 5.41) is 0. The molecule has 0 spiro atoms. The van der Waals surface area contributed by atoms with Gasteiger partial charge in [-0.25, -0.2) is 0 Å². The molecule has 1 heteroatoms. The molecule has 3 saturated carbocycles. The van der Waals surface area contributed by atoms with E-state index in [1.54, 1.807) is 0 Å². The van der Waals surface area contributed by atoms with Gasteiger partial charge in [0.05, 0.1) is 0 Å². The lowest BCUT2D eigenvalue weighted by molar-refractivity contribution is -0.156. The molecule has 0 aromatic carbocycles. The van der Waals surface area contributed by atoms with E-state index in [1.807, 2.05) is 0 Å². The number of carbonyl (C=O) groups is 1. The van der Waals surface area contributed by atoms with Gasteiger partial charge in [0.15, 0.2) is 0 Å². The van der Waals surface area contributed by atoms with E-state index in [2.05, 4.69) is 20.8 Å². The van der Waals surface area contributed by atoms with Crippen molar-refractivity contribution in [1.29, 1.82) is 0 Å². The molecular weight excluding hydrogens is 136 g/mol. The summed E-state index contributed by atoms with van der Waals surface area (Å²) in [7, 11) is 0. The average molecular weight is 152 g/mol. The van der Waals surface area contributed by atoms with Crippen molar-refractivity contribution >= 4 is 5.78 Å². The third-order valence-corrected chi connectivity index (χ3v) is 3.94. The van der Waals surface area contributed by atoms with E-state index in [9.17, 15) is 4.79 Å². The molecule has 3 atom stereocenters. The fourth-order valence-electron chi connectivity index (χ4n) is 3.07. The number of carbonyl (C=O) groups excluding carboxylic acids is 1. The average Bonchev–Trinajstić information content (AvgIpc) is 1.84. The van der Waals surface area contributed by atoms with Crippen molar-refractivity contribution in [2.75, 3.05) is 0 Å². The van der Waals surface area contributed by atoms with Crippen LogP contribution in [0.4, 0.5) is 0 Å². The highest BCUT2D eigenvalue weighted by Gasteiger charge is 2.56. The Labute approximate surface area is 68.2 Å². The summed E-state index contributed by atoms with van der Waals surface area (Å²) in [6.07, 6.45) is 2.02. The highest BCUT2D eigenvalue weighted by atomic mass is 16.1. The second-order valence-electron chi connectivity index (χ2n) is 4.86. The maximum atomic E-state index is 11.5. The van der Waals surface area contributed by atoms with Crippen molar-refractivity contribution in [3.8, 4) is 0 Å². The second-order valence-corrected chi connectivity index (χ2v) is 4.86. The number of fused-ring (bicyclic) bond motifs is 2. The maximum absolute atomic E-state index is 11.5. The van der Waals surface area contributed by atoms with Gasteiger partial charge in [-0.2, -0.15) is 0 Å². The van der Waals surface area contributed by atoms with Crippen molar-refractivity contribution in [2.45, 2.75) is 33.6 Å². The lowest BCUT2D eigenvalue weighted by Crippen LogP contribution is -2.56. The molecule has 1 nitrogen and oxygen atoms in total. The largest absolute Gasteiger partial charge is 0.299 e. The molecule has 2 bridgehead atoms. The zero-order chi connectivity index (χ0) is 8.22. The van der Waals surface area contributed by atoms with Crippen LogP contribution in [0.15, 0.2) is 0 Å². The predicted octanol–water partition coefficient (Wildman–Crippen LogP) is 2.26. The molecule has 3 aliphatic rings. The number of rotatable bonds is 0. The first-order valence-corrected chi connectivity index (χ1v) is 4.56. The predicted molar refractivity (Wildman–Crippen MR) is 44.2 cm³/mol. The molecular formula is C10H16O. The smallest absolute Gasteiger partial charge is 0.136 e. The number of hydrogen-bond donors (Lipinski definition) is 0. The van der Waals surface area contributed by atoms with Gasteiger partial charge >= 0.3 is 0 Å². The molecule has 3 rings (SSSR count). The van der Waals surface area contributed by atoms with E-state index in [1.165, 1.54) is 6.42 Å². The van der Waals surface area contributed by atoms with E-state index >= 15 is 0 Å². The highest BCUT2D eigenvalue weighted by Crippen LogP contribution is 2.59. The van der Waals surface area contributed by atoms with Gasteiger partial charge in [-0.3, -0.25) is 4.79 Å². The molecule has 0 unspecified atom stereocenters. The summed E-state index contributed by atoms with van der Waals surface area (Å²) in [5.74, 6) is 2.39. The van der Waals surface area contributed by atoms with Crippen LogP contribution in [0.3, 0.4) is 0 Å². The first-order valence-electron chi connectivity index (χ1n) is 4.56. The van der Waals surface area contributed by atoms with Crippen LogP contribution in [0.1, 0.15) is 33.6 Å². The molecule has 0 aromatic heterocycles. The molecule has 0 amide bonds. The zero-order valence-electron chi connectivity index (χ0n) is 7.55. The SMILES string of the molecule is C[C@H]1CC(=O)[C@H]2C[C@H]1C2(C)C. The Bertz CT molecular complexity index is 205. The molecule has 0 saturated heterocycles. The molecule has 0 aromatic rings. The molecule has 0 heterocycles. The van der Waals surface area contributed by atoms with Gasteiger partial charge in [0.25, 0.3) is 0 Å². The van der Waals surface area contributed by atoms with Gasteiger partial charge in [-0.15, -0.1) is 0 Å². The number of ketones is 1. The summed E-state index contributed by atoms with van der Waals surface area (Å²) in [5.41, 5.74) is 0.328. The monoisotopic (exact) mass is 152 g/mol. The Balaban J connectivity index is 2.26. The van der Waals surface area contributed by atoms with E-state index in [0.29, 0.717) is 23.0 Å². The Hall–Kier alpha value is -0.330. The van der Waals surface area contributed by atoms with Crippen molar-refractivity contribution in [3.05, 3.63) is 0 Å². The van der Waals surface area contributed by atoms with Crippen LogP contribution >= 0.6 is 0 Å². The van der Waals surface area contributed by atoms with E-state index in [-0.39, 0.29) is 0 Å². The van der Waals surface area contributed by atoms with Gasteiger partial charge < -0.3 is 0 Å². The molecule has 0 radical (unpaired) electrons. The van der Waals surface area contributed by atoms with E-state index in [4.69, 9.17) is 0 Å². The van der Waals surface area contributed by atoms with Crippen LogP contribution in [0.2, 0.25) is 0 Å². The summed E-state index contributed by atoms with van der Waals surface area (Å²) in [6, 6.07) is 0. The van der Waals surface area contributed by atoms with Gasteiger partial charge in [0.1, 0.15) is 5.78 Å². The summed E-state index contributed by atoms with van der Waals surface area (Å²) in [6.45, 7) is 6.72. The van der Waals surface area contributed by atoms with Crippen LogP contribution in [0, 0.1) is 23.2 Å². The quantitative estimate of drug-likeness (QED) is 0.520. The molecule has 0 aliphatic heterocycles. The number of hydrogen-bond acceptors (Lipinski definition) is 1. The second kappa shape index (κ2) is 1.88. The zero-order valence-corrected chi connectivity index (χ0v) is 7.55. The lowest BCUT2D eigenvalue weighted by atomic mass is 9.45. The first kappa shape index (κ1) is 7.33. The molecule has 3 fully saturated rings. The van der Waals surface area contributed by atoms with Crippen molar-refractivity contribution in [3.63, 3.8) is 0 Å². The van der Waals surface area contributed by atoms with Crippen LogP contribution < -0.4 is 0 Å². The third kappa shape index (κ3) is 0.743. The maximum Gasteiger partial charge on any atom is 0.136 e. The van der Waals surface area contributed by atoms with Crippen LogP contribution in [0.25, 0.3) is 0 Å². The Morgan fingerprint density at radius 3 is 2.45 bits per heavy atom. The Kier molecular flexibility index (Phi) is 1.25. The Morgan fingerprint density at radius 2 is 2.09 bits per heavy atom. The first-order chi connectivity index (χ1) is 5.03. The van der Waals surface area contributed by atoms with Crippen LogP contribution in [-0.4, -0.2) is 5.78 Å². The molecule has 0 N–H and O–H groups in total. The minimum Gasteiger partial charge on any atom is -0.299 e. The van der Waals surface area contributed by atoms with Gasteiger partial charge in [0.2, 0.25) is 0 Å².